The van der Waals surface area contributed by atoms with Crippen LogP contribution in [-0.2, 0) is 4.79 Å². The monoisotopic (exact) mass is 377 g/mol. The van der Waals surface area contributed by atoms with Gasteiger partial charge < -0.3 is 15.1 Å². The minimum atomic E-state index is -0.0765. The van der Waals surface area contributed by atoms with Crippen molar-refractivity contribution in [3.05, 3.63) is 65.7 Å². The van der Waals surface area contributed by atoms with Crippen LogP contribution in [0.4, 0.5) is 5.69 Å². The fourth-order valence-corrected chi connectivity index (χ4v) is 4.10. The molecule has 1 atom stereocenters. The van der Waals surface area contributed by atoms with E-state index in [-0.39, 0.29) is 17.9 Å². The third-order valence-electron chi connectivity index (χ3n) is 5.66. The molecule has 0 bridgehead atoms. The molecular weight excluding hydrogens is 350 g/mol. The molecule has 1 N–H and O–H groups in total. The second kappa shape index (κ2) is 8.57. The fraction of sp³-hybridized carbons (Fsp3) is 0.391. The van der Waals surface area contributed by atoms with Crippen molar-refractivity contribution < 1.29 is 9.59 Å². The van der Waals surface area contributed by atoms with E-state index in [4.69, 9.17) is 0 Å². The Morgan fingerprint density at radius 3 is 2.29 bits per heavy atom. The van der Waals surface area contributed by atoms with Crippen molar-refractivity contribution in [2.45, 2.75) is 31.7 Å². The summed E-state index contributed by atoms with van der Waals surface area (Å²) in [5, 5.41) is 3.21. The maximum absolute atomic E-state index is 12.9. The zero-order valence-corrected chi connectivity index (χ0v) is 16.1. The van der Waals surface area contributed by atoms with Crippen molar-refractivity contribution in [2.75, 3.05) is 31.1 Å². The summed E-state index contributed by atoms with van der Waals surface area (Å²) in [6, 6.07) is 17.5. The van der Waals surface area contributed by atoms with Crippen LogP contribution >= 0.6 is 0 Å². The number of likely N-dealkylation sites (tertiary alicyclic amines) is 1. The average Bonchev–Trinajstić information content (AvgIpc) is 3.40. The number of rotatable bonds is 6. The van der Waals surface area contributed by atoms with Crippen molar-refractivity contribution >= 4 is 17.5 Å². The first-order valence-corrected chi connectivity index (χ1v) is 10.2. The van der Waals surface area contributed by atoms with Gasteiger partial charge >= 0.3 is 0 Å². The zero-order valence-electron chi connectivity index (χ0n) is 16.1. The summed E-state index contributed by atoms with van der Waals surface area (Å²) in [6.07, 6.45) is 3.96. The first kappa shape index (κ1) is 18.7. The van der Waals surface area contributed by atoms with Gasteiger partial charge in [0.2, 0.25) is 5.91 Å². The van der Waals surface area contributed by atoms with Crippen LogP contribution in [0.5, 0.6) is 0 Å². The van der Waals surface area contributed by atoms with Crippen LogP contribution in [0.15, 0.2) is 54.6 Å². The summed E-state index contributed by atoms with van der Waals surface area (Å²) in [6.45, 7) is 3.78. The smallest absolute Gasteiger partial charge is 0.251 e. The highest BCUT2D eigenvalue weighted by Gasteiger charge is 2.23. The summed E-state index contributed by atoms with van der Waals surface area (Å²) in [5.74, 6) is 0.0827. The Bertz CT molecular complexity index is 814. The van der Waals surface area contributed by atoms with Gasteiger partial charge in [0.25, 0.3) is 5.91 Å². The highest BCUT2D eigenvalue weighted by atomic mass is 16.2. The Kier molecular flexibility index (Phi) is 5.72. The van der Waals surface area contributed by atoms with Crippen LogP contribution in [-0.4, -0.2) is 42.9 Å². The SMILES string of the molecule is O=C(N[C@@H](CN1CCCC1)c1ccccc1)c1ccc(N2CCCC2=O)cc1. The molecule has 0 aliphatic carbocycles. The summed E-state index contributed by atoms with van der Waals surface area (Å²) < 4.78 is 0. The van der Waals surface area contributed by atoms with Crippen molar-refractivity contribution in [3.63, 3.8) is 0 Å². The lowest BCUT2D eigenvalue weighted by molar-refractivity contribution is -0.117. The molecule has 146 valence electrons. The first-order valence-electron chi connectivity index (χ1n) is 10.2. The molecule has 0 saturated carbocycles. The normalized spacial score (nSPS) is 18.4. The Labute approximate surface area is 166 Å². The van der Waals surface area contributed by atoms with E-state index in [2.05, 4.69) is 22.3 Å². The summed E-state index contributed by atoms with van der Waals surface area (Å²) in [7, 11) is 0. The van der Waals surface area contributed by atoms with E-state index in [0.29, 0.717) is 12.0 Å². The van der Waals surface area contributed by atoms with Crippen LogP contribution in [0.1, 0.15) is 47.6 Å². The highest BCUT2D eigenvalue weighted by molar-refractivity contribution is 5.97. The zero-order chi connectivity index (χ0) is 19.3. The van der Waals surface area contributed by atoms with E-state index in [9.17, 15) is 9.59 Å². The van der Waals surface area contributed by atoms with Gasteiger partial charge in [-0.25, -0.2) is 0 Å². The van der Waals surface area contributed by atoms with Crippen molar-refractivity contribution in [1.29, 1.82) is 0 Å². The lowest BCUT2D eigenvalue weighted by atomic mass is 10.1. The standard InChI is InChI=1S/C23H27N3O2/c27-22-9-6-16-26(22)20-12-10-19(11-13-20)23(28)24-21(17-25-14-4-5-15-25)18-7-2-1-3-8-18/h1-3,7-8,10-13,21H,4-6,9,14-17H2,(H,24,28)/t21-/m0/s1. The quantitative estimate of drug-likeness (QED) is 0.840. The molecule has 2 aliphatic rings. The molecule has 0 radical (unpaired) electrons. The summed E-state index contributed by atoms with van der Waals surface area (Å²) >= 11 is 0. The second-order valence-corrected chi connectivity index (χ2v) is 7.64. The van der Waals surface area contributed by atoms with Gasteiger partial charge in [-0.1, -0.05) is 30.3 Å². The molecule has 2 aliphatic heterocycles. The van der Waals surface area contributed by atoms with Crippen LogP contribution in [0, 0.1) is 0 Å². The number of nitrogens with one attached hydrogen (secondary N) is 1. The predicted molar refractivity (Wildman–Crippen MR) is 110 cm³/mol. The van der Waals surface area contributed by atoms with E-state index >= 15 is 0 Å². The van der Waals surface area contributed by atoms with Gasteiger partial charge in [-0.05, 0) is 62.2 Å². The molecule has 5 nitrogen and oxygen atoms in total. The number of hydrogen-bond donors (Lipinski definition) is 1. The van der Waals surface area contributed by atoms with Crippen molar-refractivity contribution in [1.82, 2.24) is 10.2 Å². The third-order valence-corrected chi connectivity index (χ3v) is 5.66. The molecule has 2 amide bonds. The van der Waals surface area contributed by atoms with Gasteiger partial charge in [0.15, 0.2) is 0 Å². The van der Waals surface area contributed by atoms with E-state index in [1.165, 1.54) is 12.8 Å². The van der Waals surface area contributed by atoms with E-state index in [1.807, 2.05) is 42.5 Å². The van der Waals surface area contributed by atoms with Gasteiger partial charge in [0.1, 0.15) is 0 Å². The van der Waals surface area contributed by atoms with Gasteiger partial charge in [-0.15, -0.1) is 0 Å². The Morgan fingerprint density at radius 2 is 1.64 bits per heavy atom. The fourth-order valence-electron chi connectivity index (χ4n) is 4.10. The summed E-state index contributed by atoms with van der Waals surface area (Å²) in [4.78, 5) is 29.0. The van der Waals surface area contributed by atoms with Gasteiger partial charge in [-0.2, -0.15) is 0 Å². The first-order chi connectivity index (χ1) is 13.7. The van der Waals surface area contributed by atoms with Crippen molar-refractivity contribution in [3.8, 4) is 0 Å². The van der Waals surface area contributed by atoms with E-state index in [1.54, 1.807) is 4.90 Å². The molecule has 2 fully saturated rings. The van der Waals surface area contributed by atoms with Gasteiger partial charge in [-0.3, -0.25) is 9.59 Å². The lowest BCUT2D eigenvalue weighted by Crippen LogP contribution is -2.37. The number of benzene rings is 2. The molecule has 2 aromatic rings. The maximum Gasteiger partial charge on any atom is 0.251 e. The molecule has 4 rings (SSSR count). The Morgan fingerprint density at radius 1 is 0.929 bits per heavy atom. The second-order valence-electron chi connectivity index (χ2n) is 7.64. The van der Waals surface area contributed by atoms with Gasteiger partial charge in [0, 0.05) is 30.8 Å². The highest BCUT2D eigenvalue weighted by Crippen LogP contribution is 2.22. The number of nitrogens with zero attached hydrogens (tertiary/aromatic N) is 2. The minimum Gasteiger partial charge on any atom is -0.344 e. The van der Waals surface area contributed by atoms with E-state index in [0.717, 1.165) is 43.9 Å². The maximum atomic E-state index is 12.9. The minimum absolute atomic E-state index is 0.0355. The average molecular weight is 377 g/mol. The topological polar surface area (TPSA) is 52.7 Å². The molecule has 28 heavy (non-hydrogen) atoms. The number of hydrogen-bond acceptors (Lipinski definition) is 3. The predicted octanol–water partition coefficient (Wildman–Crippen LogP) is 3.38. The third kappa shape index (κ3) is 4.25. The van der Waals surface area contributed by atoms with Gasteiger partial charge in [0.05, 0.1) is 6.04 Å². The molecule has 2 heterocycles. The molecule has 5 heteroatoms. The Hall–Kier alpha value is -2.66. The molecule has 0 spiro atoms. The van der Waals surface area contributed by atoms with E-state index < -0.39 is 0 Å². The van der Waals surface area contributed by atoms with Crippen LogP contribution in [0.2, 0.25) is 0 Å². The number of carbonyl (C=O) groups excluding carboxylic acids is 2. The molecule has 2 aromatic carbocycles. The van der Waals surface area contributed by atoms with Crippen LogP contribution in [0.3, 0.4) is 0 Å². The molecule has 0 aromatic heterocycles. The van der Waals surface area contributed by atoms with Crippen molar-refractivity contribution in [2.24, 2.45) is 0 Å². The number of amides is 2. The summed E-state index contributed by atoms with van der Waals surface area (Å²) in [5.41, 5.74) is 2.62. The molecular formula is C23H27N3O2. The number of anilines is 1. The van der Waals surface area contributed by atoms with Crippen LogP contribution in [0.25, 0.3) is 0 Å². The largest absolute Gasteiger partial charge is 0.344 e. The Balaban J connectivity index is 1.46. The number of carbonyl (C=O) groups is 2. The lowest BCUT2D eigenvalue weighted by Gasteiger charge is -2.25. The van der Waals surface area contributed by atoms with Crippen LogP contribution < -0.4 is 10.2 Å². The molecule has 0 unspecified atom stereocenters. The molecule has 2 saturated heterocycles.